The van der Waals surface area contributed by atoms with Crippen molar-refractivity contribution in [3.8, 4) is 0 Å². The molecule has 3 fully saturated rings. The minimum absolute atomic E-state index is 0.627. The van der Waals surface area contributed by atoms with Crippen molar-refractivity contribution in [2.24, 2.45) is 11.8 Å². The molecule has 4 rings (SSSR count). The average Bonchev–Trinajstić information content (AvgIpc) is 2.17. The fourth-order valence-corrected chi connectivity index (χ4v) is 2.71. The minimum atomic E-state index is 0.627. The first kappa shape index (κ1) is 8.09. The summed E-state index contributed by atoms with van der Waals surface area (Å²) >= 11 is 0. The molecule has 0 aromatic carbocycles. The van der Waals surface area contributed by atoms with Crippen LogP contribution in [-0.2, 0) is 0 Å². The van der Waals surface area contributed by atoms with Gasteiger partial charge in [0.15, 0.2) is 0 Å². The van der Waals surface area contributed by atoms with Crippen LogP contribution in [0, 0.1) is 11.8 Å². The van der Waals surface area contributed by atoms with Crippen LogP contribution in [-0.4, -0.2) is 18.1 Å². The molecule has 2 bridgehead atoms. The fraction of sp³-hybridized carbons (Fsp3) is 0.545. The molecule has 2 saturated heterocycles. The summed E-state index contributed by atoms with van der Waals surface area (Å²) < 4.78 is 0. The molecule has 0 spiro atoms. The Hall–Kier alpha value is -1.25. The highest BCUT2D eigenvalue weighted by Crippen LogP contribution is 2.41. The number of fused-ring (bicyclic) bond motifs is 2. The van der Waals surface area contributed by atoms with Gasteiger partial charge in [-0.25, -0.2) is 4.98 Å². The summed E-state index contributed by atoms with van der Waals surface area (Å²) in [5.74, 6) is 2.49. The molecule has 1 saturated carbocycles. The van der Waals surface area contributed by atoms with Crippen molar-refractivity contribution in [1.29, 1.82) is 0 Å². The van der Waals surface area contributed by atoms with Crippen LogP contribution in [0.25, 0.3) is 0 Å². The summed E-state index contributed by atoms with van der Waals surface area (Å²) in [5, 5.41) is 0. The predicted molar refractivity (Wildman–Crippen MR) is 57.1 cm³/mol. The van der Waals surface area contributed by atoms with Crippen LogP contribution in [0.3, 0.4) is 0 Å². The highest BCUT2D eigenvalue weighted by Gasteiger charge is 2.36. The summed E-state index contributed by atoms with van der Waals surface area (Å²) in [5.41, 5.74) is 6.92. The molecule has 2 aliphatic heterocycles. The zero-order valence-electron chi connectivity index (χ0n) is 8.19. The lowest BCUT2D eigenvalue weighted by molar-refractivity contribution is 0.159. The molecule has 1 aromatic rings. The topological polar surface area (TPSA) is 42.1 Å². The van der Waals surface area contributed by atoms with Gasteiger partial charge in [0, 0.05) is 31.0 Å². The zero-order chi connectivity index (χ0) is 9.54. The smallest absolute Gasteiger partial charge is 0.125 e. The second-order valence-corrected chi connectivity index (χ2v) is 4.55. The van der Waals surface area contributed by atoms with Crippen molar-refractivity contribution in [1.82, 2.24) is 4.98 Å². The lowest BCUT2D eigenvalue weighted by Gasteiger charge is -2.48. The molecule has 3 heterocycles. The highest BCUT2D eigenvalue weighted by molar-refractivity contribution is 5.52. The molecule has 3 heteroatoms. The first-order valence-corrected chi connectivity index (χ1v) is 5.28. The van der Waals surface area contributed by atoms with E-state index in [-0.39, 0.29) is 0 Å². The number of nitrogens with zero attached hydrogens (tertiary/aromatic N) is 2. The van der Waals surface area contributed by atoms with Crippen LogP contribution in [0.1, 0.15) is 12.8 Å². The Balaban J connectivity index is 1.82. The first-order valence-electron chi connectivity index (χ1n) is 5.28. The molecule has 0 atom stereocenters. The molecular formula is C11H15N3. The molecule has 2 N–H and O–H groups in total. The van der Waals surface area contributed by atoms with E-state index in [4.69, 9.17) is 5.73 Å². The number of rotatable bonds is 1. The number of nitrogens with two attached hydrogens (primary N) is 1. The molecule has 3 nitrogen and oxygen atoms in total. The van der Waals surface area contributed by atoms with E-state index in [2.05, 4.69) is 16.0 Å². The van der Waals surface area contributed by atoms with Crippen LogP contribution < -0.4 is 10.6 Å². The maximum absolute atomic E-state index is 5.67. The quantitative estimate of drug-likeness (QED) is 0.728. The number of hydrogen-bond donors (Lipinski definition) is 1. The minimum Gasteiger partial charge on any atom is -0.384 e. The molecule has 1 aliphatic carbocycles. The third-order valence-electron chi connectivity index (χ3n) is 3.42. The predicted octanol–water partition coefficient (Wildman–Crippen LogP) is 1.51. The third-order valence-corrected chi connectivity index (χ3v) is 3.42. The van der Waals surface area contributed by atoms with E-state index < -0.39 is 0 Å². The number of anilines is 2. The van der Waals surface area contributed by atoms with E-state index >= 15 is 0 Å². The standard InChI is InChI=1S/C11H15N3/c12-11-5-10(1-2-13-11)14-6-8-3-9(4-8)7-14/h1-2,5,8-9H,3-4,6-7H2,(H2,12,13). The van der Waals surface area contributed by atoms with Crippen LogP contribution in [0.15, 0.2) is 18.3 Å². The average molecular weight is 189 g/mol. The molecule has 0 amide bonds. The van der Waals surface area contributed by atoms with Gasteiger partial charge in [-0.3, -0.25) is 0 Å². The van der Waals surface area contributed by atoms with Crippen molar-refractivity contribution in [2.75, 3.05) is 23.7 Å². The normalized spacial score (nSPS) is 29.9. The fourth-order valence-electron chi connectivity index (χ4n) is 2.71. The Morgan fingerprint density at radius 3 is 2.64 bits per heavy atom. The van der Waals surface area contributed by atoms with Crippen LogP contribution in [0.2, 0.25) is 0 Å². The zero-order valence-corrected chi connectivity index (χ0v) is 8.19. The summed E-state index contributed by atoms with van der Waals surface area (Å²) in [7, 11) is 0. The Bertz CT molecular complexity index is 334. The molecule has 3 aliphatic rings. The Morgan fingerprint density at radius 2 is 2.00 bits per heavy atom. The Morgan fingerprint density at radius 1 is 1.29 bits per heavy atom. The van der Waals surface area contributed by atoms with Crippen LogP contribution in [0.5, 0.6) is 0 Å². The van der Waals surface area contributed by atoms with Crippen molar-refractivity contribution >= 4 is 11.5 Å². The van der Waals surface area contributed by atoms with Gasteiger partial charge < -0.3 is 10.6 Å². The largest absolute Gasteiger partial charge is 0.384 e. The van der Waals surface area contributed by atoms with Gasteiger partial charge >= 0.3 is 0 Å². The van der Waals surface area contributed by atoms with Gasteiger partial charge in [0.2, 0.25) is 0 Å². The molecule has 1 aromatic heterocycles. The maximum atomic E-state index is 5.67. The third kappa shape index (κ3) is 1.24. The van der Waals surface area contributed by atoms with E-state index in [1.807, 2.05) is 6.07 Å². The van der Waals surface area contributed by atoms with E-state index in [0.29, 0.717) is 5.82 Å². The Kier molecular flexibility index (Phi) is 1.66. The van der Waals surface area contributed by atoms with E-state index in [9.17, 15) is 0 Å². The molecule has 0 radical (unpaired) electrons. The lowest BCUT2D eigenvalue weighted by atomic mass is 9.71. The van der Waals surface area contributed by atoms with Crippen LogP contribution >= 0.6 is 0 Å². The van der Waals surface area contributed by atoms with Crippen LogP contribution in [0.4, 0.5) is 11.5 Å². The molecule has 14 heavy (non-hydrogen) atoms. The summed E-state index contributed by atoms with van der Waals surface area (Å²) in [6.45, 7) is 2.42. The van der Waals surface area contributed by atoms with Crippen molar-refractivity contribution in [3.63, 3.8) is 0 Å². The first-order chi connectivity index (χ1) is 6.81. The lowest BCUT2D eigenvalue weighted by Crippen LogP contribution is -2.48. The number of nitrogen functional groups attached to an aromatic ring is 1. The molecule has 74 valence electrons. The van der Waals surface area contributed by atoms with Crippen molar-refractivity contribution in [3.05, 3.63) is 18.3 Å². The summed E-state index contributed by atoms with van der Waals surface area (Å²) in [4.78, 5) is 6.46. The van der Waals surface area contributed by atoms with E-state index in [1.54, 1.807) is 6.20 Å². The SMILES string of the molecule is Nc1cc(N2CC3CC(C3)C2)ccn1. The second-order valence-electron chi connectivity index (χ2n) is 4.55. The van der Waals surface area contributed by atoms with Gasteiger partial charge in [0.25, 0.3) is 0 Å². The highest BCUT2D eigenvalue weighted by atomic mass is 15.2. The molecular weight excluding hydrogens is 174 g/mol. The van der Waals surface area contributed by atoms with E-state index in [1.165, 1.54) is 31.6 Å². The van der Waals surface area contributed by atoms with Gasteiger partial charge in [0.1, 0.15) is 5.82 Å². The van der Waals surface area contributed by atoms with Crippen molar-refractivity contribution < 1.29 is 0 Å². The summed E-state index contributed by atoms with van der Waals surface area (Å²) in [6.07, 6.45) is 4.68. The monoisotopic (exact) mass is 189 g/mol. The maximum Gasteiger partial charge on any atom is 0.125 e. The summed E-state index contributed by atoms with van der Waals surface area (Å²) in [6, 6.07) is 4.03. The number of aromatic nitrogens is 1. The number of piperidine rings is 2. The number of hydrogen-bond acceptors (Lipinski definition) is 3. The molecule has 0 unspecified atom stereocenters. The van der Waals surface area contributed by atoms with Gasteiger partial charge in [0.05, 0.1) is 0 Å². The van der Waals surface area contributed by atoms with Crippen molar-refractivity contribution in [2.45, 2.75) is 12.8 Å². The number of pyridine rings is 1. The van der Waals surface area contributed by atoms with Gasteiger partial charge in [-0.2, -0.15) is 0 Å². The van der Waals surface area contributed by atoms with Gasteiger partial charge in [-0.1, -0.05) is 0 Å². The Labute approximate surface area is 83.9 Å². The van der Waals surface area contributed by atoms with Gasteiger partial charge in [-0.05, 0) is 30.7 Å². The van der Waals surface area contributed by atoms with E-state index in [0.717, 1.165) is 11.8 Å². The second kappa shape index (κ2) is 2.87. The van der Waals surface area contributed by atoms with Gasteiger partial charge in [-0.15, -0.1) is 0 Å².